The minimum absolute atomic E-state index is 0.0113. The molecular formula is C59H46ClN7O16S3. The van der Waals surface area contributed by atoms with E-state index in [0.29, 0.717) is 38.8 Å². The first-order valence-electron chi connectivity index (χ1n) is 25.1. The number of nitrogens with one attached hydrogen (secondary N) is 2. The lowest BCUT2D eigenvalue weighted by molar-refractivity contribution is 0.0687. The molecule has 0 atom stereocenters. The molecule has 0 fully saturated rings. The first-order valence-corrected chi connectivity index (χ1v) is 30.3. The quantitative estimate of drug-likeness (QED) is 0.0258. The Balaban J connectivity index is 0.000000190. The molecule has 2 aliphatic heterocycles. The van der Waals surface area contributed by atoms with Crippen LogP contribution in [-0.4, -0.2) is 72.6 Å². The van der Waals surface area contributed by atoms with E-state index >= 15 is 0 Å². The second kappa shape index (κ2) is 23.3. The van der Waals surface area contributed by atoms with Crippen LogP contribution in [0.5, 0.6) is 11.5 Å². The summed E-state index contributed by atoms with van der Waals surface area (Å²) in [7, 11) is -7.30. The number of fused-ring (bicyclic) bond motifs is 4. The van der Waals surface area contributed by atoms with Gasteiger partial charge in [-0.05, 0) is 112 Å². The highest BCUT2D eigenvalue weighted by atomic mass is 35.7. The van der Waals surface area contributed by atoms with Crippen LogP contribution >= 0.6 is 10.7 Å². The first kappa shape index (κ1) is 60.2. The number of carbonyl (C=O) groups is 2. The van der Waals surface area contributed by atoms with Gasteiger partial charge in [-0.3, -0.25) is 19.0 Å². The van der Waals surface area contributed by atoms with Crippen LogP contribution in [-0.2, 0) is 29.1 Å². The number of carboxylic acid groups (broad SMARTS) is 2. The van der Waals surface area contributed by atoms with Gasteiger partial charge in [0.05, 0.1) is 33.9 Å². The summed E-state index contributed by atoms with van der Waals surface area (Å²) in [6.45, 7) is 6.11. The number of aromatic hydroxyl groups is 2. The number of nitrogens with two attached hydrogens (primary N) is 2. The molecule has 4 aliphatic rings. The smallest absolute Gasteiger partial charge is 0.336 e. The van der Waals surface area contributed by atoms with Gasteiger partial charge in [0.1, 0.15) is 34.2 Å². The average Bonchev–Trinajstić information content (AvgIpc) is 1.34. The van der Waals surface area contributed by atoms with E-state index in [4.69, 9.17) is 31.0 Å². The van der Waals surface area contributed by atoms with E-state index in [2.05, 4.69) is 24.4 Å². The van der Waals surface area contributed by atoms with Crippen molar-refractivity contribution in [1.82, 2.24) is 15.0 Å². The third-order valence-corrected chi connectivity index (χ3v) is 17.3. The maximum atomic E-state index is 13.5. The minimum atomic E-state index is -4.33. The zero-order valence-corrected chi connectivity index (χ0v) is 48.3. The Morgan fingerprint density at radius 2 is 0.895 bits per heavy atom. The molecule has 438 valence electrons. The number of nitrogen functional groups attached to an aromatic ring is 2. The van der Waals surface area contributed by atoms with E-state index in [0.717, 1.165) is 0 Å². The number of phenolic OH excluding ortho intramolecular Hbond substituents is 2. The maximum absolute atomic E-state index is 13.5. The number of sulfonamides is 2. The molecule has 23 nitrogen and oxygen atoms in total. The lowest BCUT2D eigenvalue weighted by Crippen LogP contribution is -2.21. The second-order valence-electron chi connectivity index (χ2n) is 19.0. The van der Waals surface area contributed by atoms with Gasteiger partial charge >= 0.3 is 11.9 Å². The van der Waals surface area contributed by atoms with Gasteiger partial charge in [0.15, 0.2) is 15.1 Å². The third kappa shape index (κ3) is 11.5. The Morgan fingerprint density at radius 1 is 0.488 bits per heavy atom. The van der Waals surface area contributed by atoms with E-state index in [1.807, 2.05) is 0 Å². The molecule has 10 N–H and O–H groups in total. The van der Waals surface area contributed by atoms with Gasteiger partial charge in [-0.15, -0.1) is 0 Å². The van der Waals surface area contributed by atoms with Gasteiger partial charge in [-0.25, -0.2) is 33.0 Å². The molecule has 3 aromatic heterocycles. The molecule has 4 aromatic carbocycles. The predicted molar refractivity (Wildman–Crippen MR) is 321 cm³/mol. The predicted octanol–water partition coefficient (Wildman–Crippen LogP) is 9.74. The lowest BCUT2D eigenvalue weighted by Gasteiger charge is -2.21. The molecule has 0 saturated heterocycles. The Morgan fingerprint density at radius 3 is 1.34 bits per heavy atom. The summed E-state index contributed by atoms with van der Waals surface area (Å²) in [5, 5.41) is 41.2. The number of benzene rings is 6. The number of halogens is 1. The Hall–Kier alpha value is -10.4. The first-order chi connectivity index (χ1) is 40.6. The number of hydrogen-bond donors (Lipinski definition) is 8. The molecule has 0 saturated carbocycles. The number of carboxylic acids is 2. The van der Waals surface area contributed by atoms with Crippen LogP contribution in [0.25, 0.3) is 66.8 Å². The summed E-state index contributed by atoms with van der Waals surface area (Å²) in [5.74, 6) is -2.74. The minimum Gasteiger partial charge on any atom is -0.505 e. The van der Waals surface area contributed by atoms with Crippen molar-refractivity contribution in [1.29, 1.82) is 0 Å². The van der Waals surface area contributed by atoms with E-state index in [1.165, 1.54) is 123 Å². The number of phenols is 2. The number of pyridine rings is 3. The van der Waals surface area contributed by atoms with Crippen molar-refractivity contribution in [2.45, 2.75) is 42.8 Å². The number of aromatic carboxylic acids is 2. The van der Waals surface area contributed by atoms with Crippen molar-refractivity contribution in [3.05, 3.63) is 200 Å². The standard InChI is InChI=1S/C32H24N4O9S2.C22H18N2O5.C5H4ClNO2S/c1-17-28(37)23(35-46(41,42)25-11-5-7-13-33-25)15-21-27(19-9-3-4-10-20(19)32(39)40)22-16-24(29(38)18(2)31(22)45-30(17)21)36-47(43,44)26-12-6-8-14-34-26;1-9-18(25)15(23)7-13-17(11-5-3-4-6-12(11)22(27)28)14-8-16(24)19(26)10(2)21(14)29-20(9)13;6-10(8,9)5-3-1-2-4-7-5/h3-16,35-37H,1-2H3,(H,39,40);3-8,25H,23-24H2,1-2H3,(H,27,28);1-4H. The number of aryl methyl sites for hydroxylation is 2. The number of anilines is 4. The third-order valence-electron chi connectivity index (χ3n) is 13.5. The van der Waals surface area contributed by atoms with Crippen molar-refractivity contribution in [2.24, 2.45) is 0 Å². The number of nitrogens with zero attached hydrogens (tertiary/aromatic N) is 3. The molecule has 0 unspecified atom stereocenters. The van der Waals surface area contributed by atoms with Gasteiger partial charge < -0.3 is 40.7 Å². The summed E-state index contributed by atoms with van der Waals surface area (Å²) in [6.07, 6.45) is 3.94. The molecule has 0 bridgehead atoms. The van der Waals surface area contributed by atoms with Crippen LogP contribution in [0, 0.1) is 27.7 Å². The molecule has 0 spiro atoms. The fraction of sp³-hybridized carbons (Fsp3) is 0.0678. The maximum Gasteiger partial charge on any atom is 0.336 e. The molecule has 7 aromatic rings. The fourth-order valence-electron chi connectivity index (χ4n) is 9.37. The van der Waals surface area contributed by atoms with E-state index in [1.54, 1.807) is 50.2 Å². The zero-order valence-electron chi connectivity index (χ0n) is 45.1. The van der Waals surface area contributed by atoms with Crippen molar-refractivity contribution < 1.29 is 64.1 Å². The van der Waals surface area contributed by atoms with Crippen molar-refractivity contribution >= 4 is 96.4 Å². The fourth-order valence-corrected chi connectivity index (χ4v) is 12.1. The van der Waals surface area contributed by atoms with Gasteiger partial charge in [0.25, 0.3) is 29.1 Å². The van der Waals surface area contributed by atoms with Crippen LogP contribution in [0.3, 0.4) is 0 Å². The average molecular weight is 1240 g/mol. The summed E-state index contributed by atoms with van der Waals surface area (Å²) < 4.78 is 90.6. The monoisotopic (exact) mass is 1240 g/mol. The molecule has 0 amide bonds. The van der Waals surface area contributed by atoms with Crippen LogP contribution in [0.2, 0.25) is 0 Å². The highest BCUT2D eigenvalue weighted by Gasteiger charge is 2.31. The van der Waals surface area contributed by atoms with Crippen molar-refractivity contribution in [3.8, 4) is 56.4 Å². The van der Waals surface area contributed by atoms with Crippen LogP contribution in [0.1, 0.15) is 43.0 Å². The second-order valence-corrected chi connectivity index (χ2v) is 24.7. The van der Waals surface area contributed by atoms with Gasteiger partial charge in [0.2, 0.25) is 10.9 Å². The summed E-state index contributed by atoms with van der Waals surface area (Å²) >= 11 is 0. The van der Waals surface area contributed by atoms with Crippen molar-refractivity contribution in [2.75, 3.05) is 20.9 Å². The topological polar surface area (TPSA) is 393 Å². The van der Waals surface area contributed by atoms with Gasteiger partial charge in [0, 0.05) is 84.6 Å². The lowest BCUT2D eigenvalue weighted by atomic mass is 9.88. The highest BCUT2D eigenvalue weighted by molar-refractivity contribution is 8.13. The molecule has 11 rings (SSSR count). The molecule has 2 aliphatic carbocycles. The van der Waals surface area contributed by atoms with Gasteiger partial charge in [-0.1, -0.05) is 54.6 Å². The molecule has 27 heteroatoms. The Bertz CT molecular complexity index is 4980. The van der Waals surface area contributed by atoms with Crippen molar-refractivity contribution in [3.63, 3.8) is 0 Å². The molecule has 5 heterocycles. The van der Waals surface area contributed by atoms with E-state index in [9.17, 15) is 64.9 Å². The van der Waals surface area contributed by atoms with E-state index < -0.39 is 52.2 Å². The number of hydrogen-bond acceptors (Lipinski definition) is 19. The largest absolute Gasteiger partial charge is 0.505 e. The van der Waals surface area contributed by atoms with E-state index in [-0.39, 0.29) is 110 Å². The van der Waals surface area contributed by atoms with Crippen LogP contribution in [0.15, 0.2) is 179 Å². The number of aromatic nitrogens is 3. The van der Waals surface area contributed by atoms with Crippen LogP contribution < -0.4 is 31.8 Å². The molecule has 86 heavy (non-hydrogen) atoms. The summed E-state index contributed by atoms with van der Waals surface area (Å²) in [6, 6.07) is 31.0. The summed E-state index contributed by atoms with van der Waals surface area (Å²) in [4.78, 5) is 61.5. The zero-order chi connectivity index (χ0) is 62.3. The summed E-state index contributed by atoms with van der Waals surface area (Å²) in [5.41, 5.74) is 13.2. The van der Waals surface area contributed by atoms with Gasteiger partial charge in [-0.2, -0.15) is 16.8 Å². The van der Waals surface area contributed by atoms with Crippen LogP contribution in [0.4, 0.5) is 22.7 Å². The molecule has 0 radical (unpaired) electrons. The molecular weight excluding hydrogens is 1190 g/mol. The highest BCUT2D eigenvalue weighted by Crippen LogP contribution is 2.49. The Kier molecular flexibility index (Phi) is 16.3. The number of rotatable bonds is 11. The SMILES string of the molecule is Cc1c2oc3c(C)c(O)c(N)cc3c(-c3ccccc3C(=O)O)c-2cc(N)c1=O.Cc1c2oc3c(C)c(O)c(NS(=O)(=O)c4ccccn4)cc3c(-c3ccccc3C(=O)O)c-2cc(NS(=O)(=O)c2ccccn2)c1=O.O=S(=O)(Cl)c1ccccn1. The normalized spacial score (nSPS) is 11.6. The Labute approximate surface area is 492 Å².